The number of hydrogen-bond acceptors (Lipinski definition) is 4. The number of hydrogen-bond donors (Lipinski definition) is 2. The average Bonchev–Trinajstić information content (AvgIpc) is 2.28. The van der Waals surface area contributed by atoms with E-state index in [0.29, 0.717) is 28.4 Å². The molecule has 0 amide bonds. The lowest BCUT2D eigenvalue weighted by Gasteiger charge is -2.25. The Hall–Kier alpha value is -1.39. The van der Waals surface area contributed by atoms with Crippen LogP contribution in [-0.4, -0.2) is 24.5 Å². The van der Waals surface area contributed by atoms with E-state index in [-0.39, 0.29) is 0 Å². The predicted octanol–water partition coefficient (Wildman–Crippen LogP) is 1.88. The van der Waals surface area contributed by atoms with Gasteiger partial charge in [0.2, 0.25) is 0 Å². The predicted molar refractivity (Wildman–Crippen MR) is 71.8 cm³/mol. The quantitative estimate of drug-likeness (QED) is 0.819. The molecule has 6 heteroatoms. The average molecular weight is 271 g/mol. The van der Waals surface area contributed by atoms with Crippen LogP contribution in [0.4, 0.5) is 0 Å². The summed E-state index contributed by atoms with van der Waals surface area (Å²) in [5.74, 6) is 0.772. The summed E-state index contributed by atoms with van der Waals surface area (Å²) < 4.78 is 0. The summed E-state index contributed by atoms with van der Waals surface area (Å²) in [6, 6.07) is 5.42. The first-order valence-corrected chi connectivity index (χ1v) is 5.74. The van der Waals surface area contributed by atoms with E-state index in [0.717, 1.165) is 11.1 Å². The molecule has 0 spiro atoms. The fraction of sp³-hybridized carbons (Fsp3) is 0.182. The van der Waals surface area contributed by atoms with E-state index in [4.69, 9.17) is 34.7 Å². The van der Waals surface area contributed by atoms with Crippen LogP contribution >= 0.6 is 23.2 Å². The van der Waals surface area contributed by atoms with E-state index < -0.39 is 0 Å². The van der Waals surface area contributed by atoms with Gasteiger partial charge in [-0.3, -0.25) is 0 Å². The van der Waals surface area contributed by atoms with Gasteiger partial charge in [-0.1, -0.05) is 35.3 Å². The third kappa shape index (κ3) is 2.18. The van der Waals surface area contributed by atoms with Crippen LogP contribution in [0.1, 0.15) is 5.56 Å². The van der Waals surface area contributed by atoms with Gasteiger partial charge in [0.25, 0.3) is 0 Å². The molecule has 0 aliphatic carbocycles. The molecule has 90 valence electrons. The maximum atomic E-state index is 6.16. The number of nitrogens with two attached hydrogens (primary N) is 2. The highest BCUT2D eigenvalue weighted by Crippen LogP contribution is 2.32. The van der Waals surface area contributed by atoms with Gasteiger partial charge in [-0.25, -0.2) is 0 Å². The number of rotatable bonds is 1. The molecule has 0 saturated carbocycles. The standard InChI is InChI=1S/C11H12Cl2N4/c1-17-5-7(10(14)16-11(17)15)6-3-2-4-8(12)9(6)13/h2-4H,5,14H2,1H3,(H2,15,16). The number of halogens is 2. The Morgan fingerprint density at radius 1 is 1.29 bits per heavy atom. The molecule has 1 aliphatic rings. The first-order valence-electron chi connectivity index (χ1n) is 4.99. The Labute approximate surface area is 110 Å². The van der Waals surface area contributed by atoms with Crippen molar-refractivity contribution < 1.29 is 0 Å². The zero-order valence-electron chi connectivity index (χ0n) is 9.24. The topological polar surface area (TPSA) is 67.6 Å². The van der Waals surface area contributed by atoms with Crippen LogP contribution in [0.5, 0.6) is 0 Å². The first kappa shape index (κ1) is 12.1. The van der Waals surface area contributed by atoms with Crippen molar-refractivity contribution in [3.8, 4) is 0 Å². The second kappa shape index (κ2) is 4.47. The summed E-state index contributed by atoms with van der Waals surface area (Å²) >= 11 is 12.1. The Morgan fingerprint density at radius 3 is 2.71 bits per heavy atom. The zero-order valence-corrected chi connectivity index (χ0v) is 10.8. The summed E-state index contributed by atoms with van der Waals surface area (Å²) in [5, 5.41) is 0.978. The van der Waals surface area contributed by atoms with Crippen molar-refractivity contribution in [3.05, 3.63) is 39.6 Å². The normalized spacial score (nSPS) is 16.2. The summed E-state index contributed by atoms with van der Waals surface area (Å²) in [6.07, 6.45) is 0. The van der Waals surface area contributed by atoms with Crippen LogP contribution in [0.25, 0.3) is 5.57 Å². The summed E-state index contributed by atoms with van der Waals surface area (Å²) in [6.45, 7) is 0.557. The highest BCUT2D eigenvalue weighted by atomic mass is 35.5. The summed E-state index contributed by atoms with van der Waals surface area (Å²) in [4.78, 5) is 5.86. The lowest BCUT2D eigenvalue weighted by molar-refractivity contribution is 0.553. The minimum Gasteiger partial charge on any atom is -0.383 e. The van der Waals surface area contributed by atoms with Crippen molar-refractivity contribution in [3.63, 3.8) is 0 Å². The highest BCUT2D eigenvalue weighted by molar-refractivity contribution is 6.43. The van der Waals surface area contributed by atoms with Gasteiger partial charge in [0.05, 0.1) is 10.0 Å². The number of benzene rings is 1. The monoisotopic (exact) mass is 270 g/mol. The van der Waals surface area contributed by atoms with Crippen molar-refractivity contribution >= 4 is 34.7 Å². The lowest BCUT2D eigenvalue weighted by atomic mass is 10.0. The van der Waals surface area contributed by atoms with E-state index in [1.807, 2.05) is 19.2 Å². The van der Waals surface area contributed by atoms with Crippen molar-refractivity contribution in [2.24, 2.45) is 16.5 Å². The Morgan fingerprint density at radius 2 is 2.00 bits per heavy atom. The molecule has 1 aliphatic heterocycles. The summed E-state index contributed by atoms with van der Waals surface area (Å²) in [5.41, 5.74) is 13.2. The van der Waals surface area contributed by atoms with Crippen LogP contribution in [0.2, 0.25) is 10.0 Å². The number of aliphatic imine (C=N–C) groups is 1. The minimum atomic E-state index is 0.379. The molecule has 0 bridgehead atoms. The fourth-order valence-electron chi connectivity index (χ4n) is 1.64. The van der Waals surface area contributed by atoms with E-state index in [1.54, 1.807) is 11.0 Å². The van der Waals surface area contributed by atoms with Crippen LogP contribution in [-0.2, 0) is 0 Å². The van der Waals surface area contributed by atoms with Gasteiger partial charge in [-0.15, -0.1) is 0 Å². The number of nitrogens with zero attached hydrogens (tertiary/aromatic N) is 2. The SMILES string of the molecule is CN1CC(c2cccc(Cl)c2Cl)=C(N)N=C1N. The first-order chi connectivity index (χ1) is 8.00. The fourth-order valence-corrected chi connectivity index (χ4v) is 2.05. The zero-order chi connectivity index (χ0) is 12.6. The second-order valence-electron chi connectivity index (χ2n) is 3.79. The van der Waals surface area contributed by atoms with Crippen molar-refractivity contribution in [1.82, 2.24) is 4.90 Å². The molecular formula is C11H12Cl2N4. The smallest absolute Gasteiger partial charge is 0.197 e. The van der Waals surface area contributed by atoms with E-state index in [2.05, 4.69) is 4.99 Å². The highest BCUT2D eigenvalue weighted by Gasteiger charge is 2.19. The third-order valence-electron chi connectivity index (χ3n) is 2.61. The van der Waals surface area contributed by atoms with Gasteiger partial charge in [0.1, 0.15) is 5.82 Å². The van der Waals surface area contributed by atoms with Gasteiger partial charge in [-0.05, 0) is 6.07 Å². The van der Waals surface area contributed by atoms with E-state index in [1.165, 1.54) is 0 Å². The molecule has 1 aromatic carbocycles. The molecule has 0 atom stereocenters. The van der Waals surface area contributed by atoms with Gasteiger partial charge >= 0.3 is 0 Å². The third-order valence-corrected chi connectivity index (χ3v) is 3.43. The van der Waals surface area contributed by atoms with Crippen LogP contribution in [0.15, 0.2) is 29.0 Å². The van der Waals surface area contributed by atoms with Crippen LogP contribution in [0, 0.1) is 0 Å². The van der Waals surface area contributed by atoms with Gasteiger partial charge in [0, 0.05) is 24.7 Å². The Kier molecular flexibility index (Phi) is 3.17. The second-order valence-corrected chi connectivity index (χ2v) is 4.58. The van der Waals surface area contributed by atoms with Crippen LogP contribution < -0.4 is 11.5 Å². The van der Waals surface area contributed by atoms with E-state index in [9.17, 15) is 0 Å². The largest absolute Gasteiger partial charge is 0.383 e. The molecular weight excluding hydrogens is 259 g/mol. The molecule has 1 heterocycles. The Balaban J connectivity index is 2.54. The molecule has 4 nitrogen and oxygen atoms in total. The molecule has 0 radical (unpaired) electrons. The van der Waals surface area contributed by atoms with Gasteiger partial charge < -0.3 is 16.4 Å². The Bertz CT molecular complexity index is 522. The molecule has 4 N–H and O–H groups in total. The van der Waals surface area contributed by atoms with Gasteiger partial charge in [-0.2, -0.15) is 4.99 Å². The number of guanidine groups is 1. The van der Waals surface area contributed by atoms with Crippen molar-refractivity contribution in [2.75, 3.05) is 13.6 Å². The molecule has 0 saturated heterocycles. The molecule has 0 aromatic heterocycles. The summed E-state index contributed by atoms with van der Waals surface area (Å²) in [7, 11) is 1.84. The minimum absolute atomic E-state index is 0.379. The van der Waals surface area contributed by atoms with Crippen molar-refractivity contribution in [1.29, 1.82) is 0 Å². The lowest BCUT2D eigenvalue weighted by Crippen LogP contribution is -2.38. The molecule has 0 fully saturated rings. The molecule has 0 unspecified atom stereocenters. The van der Waals surface area contributed by atoms with Crippen molar-refractivity contribution in [2.45, 2.75) is 0 Å². The molecule has 2 rings (SSSR count). The number of likely N-dealkylation sites (N-methyl/N-ethyl adjacent to an activating group) is 1. The maximum absolute atomic E-state index is 6.16. The van der Waals surface area contributed by atoms with Crippen LogP contribution in [0.3, 0.4) is 0 Å². The maximum Gasteiger partial charge on any atom is 0.197 e. The molecule has 17 heavy (non-hydrogen) atoms. The van der Waals surface area contributed by atoms with E-state index >= 15 is 0 Å². The van der Waals surface area contributed by atoms with Gasteiger partial charge in [0.15, 0.2) is 5.96 Å². The molecule has 1 aromatic rings.